The van der Waals surface area contributed by atoms with Crippen molar-refractivity contribution in [1.29, 1.82) is 0 Å². The SMILES string of the molecule is CCCCCCCCCCCCCOC[C@@H](N)C(=O)O. The molecule has 0 aromatic heterocycles. The second kappa shape index (κ2) is 14.8. The molecular weight excluding hydrogens is 254 g/mol. The first-order valence-corrected chi connectivity index (χ1v) is 8.24. The Hall–Kier alpha value is -0.610. The maximum absolute atomic E-state index is 10.4. The summed E-state index contributed by atoms with van der Waals surface area (Å²) in [4.78, 5) is 10.4. The van der Waals surface area contributed by atoms with Gasteiger partial charge in [-0.15, -0.1) is 0 Å². The van der Waals surface area contributed by atoms with Crippen LogP contribution in [0.3, 0.4) is 0 Å². The molecule has 120 valence electrons. The van der Waals surface area contributed by atoms with Crippen molar-refractivity contribution in [2.75, 3.05) is 13.2 Å². The van der Waals surface area contributed by atoms with Gasteiger partial charge in [0.1, 0.15) is 6.04 Å². The van der Waals surface area contributed by atoms with Crippen LogP contribution in [0.15, 0.2) is 0 Å². The minimum Gasteiger partial charge on any atom is -0.480 e. The zero-order chi connectivity index (χ0) is 15.1. The Kier molecular flexibility index (Phi) is 14.3. The fraction of sp³-hybridized carbons (Fsp3) is 0.938. The molecule has 0 unspecified atom stereocenters. The third-order valence-electron chi connectivity index (χ3n) is 3.51. The highest BCUT2D eigenvalue weighted by atomic mass is 16.5. The fourth-order valence-corrected chi connectivity index (χ4v) is 2.15. The van der Waals surface area contributed by atoms with Gasteiger partial charge in [0.05, 0.1) is 6.61 Å². The van der Waals surface area contributed by atoms with E-state index in [1.807, 2.05) is 0 Å². The lowest BCUT2D eigenvalue weighted by Gasteiger charge is -2.07. The Labute approximate surface area is 124 Å². The van der Waals surface area contributed by atoms with Crippen molar-refractivity contribution in [3.8, 4) is 0 Å². The molecule has 0 fully saturated rings. The number of ether oxygens (including phenoxy) is 1. The van der Waals surface area contributed by atoms with Crippen molar-refractivity contribution in [2.24, 2.45) is 5.73 Å². The van der Waals surface area contributed by atoms with E-state index in [2.05, 4.69) is 6.92 Å². The van der Waals surface area contributed by atoms with Crippen molar-refractivity contribution in [1.82, 2.24) is 0 Å². The molecule has 20 heavy (non-hydrogen) atoms. The van der Waals surface area contributed by atoms with Gasteiger partial charge in [-0.3, -0.25) is 4.79 Å². The van der Waals surface area contributed by atoms with E-state index >= 15 is 0 Å². The molecule has 3 N–H and O–H groups in total. The Bertz CT molecular complexity index is 222. The predicted molar refractivity (Wildman–Crippen MR) is 82.9 cm³/mol. The number of carboxylic acids is 1. The zero-order valence-corrected chi connectivity index (χ0v) is 13.1. The summed E-state index contributed by atoms with van der Waals surface area (Å²) in [5.41, 5.74) is 5.33. The van der Waals surface area contributed by atoms with Crippen molar-refractivity contribution in [3.63, 3.8) is 0 Å². The quantitative estimate of drug-likeness (QED) is 0.450. The number of rotatable bonds is 15. The van der Waals surface area contributed by atoms with Crippen LogP contribution in [-0.2, 0) is 9.53 Å². The molecule has 0 spiro atoms. The fourth-order valence-electron chi connectivity index (χ4n) is 2.15. The number of hydrogen-bond donors (Lipinski definition) is 2. The van der Waals surface area contributed by atoms with Crippen LogP contribution < -0.4 is 5.73 Å². The van der Waals surface area contributed by atoms with Gasteiger partial charge in [0, 0.05) is 6.61 Å². The maximum Gasteiger partial charge on any atom is 0.322 e. The molecule has 4 nitrogen and oxygen atoms in total. The summed E-state index contributed by atoms with van der Waals surface area (Å²) in [6, 6.07) is -0.886. The summed E-state index contributed by atoms with van der Waals surface area (Å²) in [5.74, 6) is -0.996. The largest absolute Gasteiger partial charge is 0.480 e. The van der Waals surface area contributed by atoms with Crippen LogP contribution in [0, 0.1) is 0 Å². The third-order valence-corrected chi connectivity index (χ3v) is 3.51. The lowest BCUT2D eigenvalue weighted by molar-refractivity contribution is -0.140. The van der Waals surface area contributed by atoms with Crippen molar-refractivity contribution >= 4 is 5.97 Å². The smallest absolute Gasteiger partial charge is 0.322 e. The van der Waals surface area contributed by atoms with Crippen LogP contribution in [0.2, 0.25) is 0 Å². The van der Waals surface area contributed by atoms with Gasteiger partial charge in [-0.05, 0) is 6.42 Å². The highest BCUT2D eigenvalue weighted by molar-refractivity contribution is 5.73. The van der Waals surface area contributed by atoms with Gasteiger partial charge in [0.25, 0.3) is 0 Å². The summed E-state index contributed by atoms with van der Waals surface area (Å²) in [7, 11) is 0. The minimum atomic E-state index is -0.996. The van der Waals surface area contributed by atoms with E-state index in [9.17, 15) is 4.79 Å². The van der Waals surface area contributed by atoms with E-state index < -0.39 is 12.0 Å². The van der Waals surface area contributed by atoms with Crippen LogP contribution >= 0.6 is 0 Å². The highest BCUT2D eigenvalue weighted by Crippen LogP contribution is 2.11. The van der Waals surface area contributed by atoms with Crippen LogP contribution in [0.25, 0.3) is 0 Å². The zero-order valence-electron chi connectivity index (χ0n) is 13.1. The first kappa shape index (κ1) is 19.4. The molecule has 0 amide bonds. The first-order valence-electron chi connectivity index (χ1n) is 8.24. The summed E-state index contributed by atoms with van der Waals surface area (Å²) in [6.45, 7) is 2.99. The molecular formula is C16H33NO3. The van der Waals surface area contributed by atoms with E-state index in [0.29, 0.717) is 6.61 Å². The lowest BCUT2D eigenvalue weighted by Crippen LogP contribution is -2.34. The molecule has 0 saturated carbocycles. The predicted octanol–water partition coefficient (Wildman–Crippen LogP) is 3.73. The molecule has 0 radical (unpaired) electrons. The van der Waals surface area contributed by atoms with Crippen molar-refractivity contribution in [2.45, 2.75) is 83.6 Å². The Morgan fingerprint density at radius 2 is 1.40 bits per heavy atom. The maximum atomic E-state index is 10.4. The second-order valence-electron chi connectivity index (χ2n) is 5.56. The minimum absolute atomic E-state index is 0.118. The number of carbonyl (C=O) groups is 1. The summed E-state index contributed by atoms with van der Waals surface area (Å²) < 4.78 is 5.23. The molecule has 0 heterocycles. The van der Waals surface area contributed by atoms with E-state index in [1.54, 1.807) is 0 Å². The number of unbranched alkanes of at least 4 members (excludes halogenated alkanes) is 10. The molecule has 0 bridgehead atoms. The van der Waals surface area contributed by atoms with Crippen molar-refractivity contribution in [3.05, 3.63) is 0 Å². The molecule has 1 atom stereocenters. The van der Waals surface area contributed by atoms with Crippen LogP contribution in [0.4, 0.5) is 0 Å². The molecule has 4 heteroatoms. The number of nitrogens with two attached hydrogens (primary N) is 1. The average molecular weight is 287 g/mol. The van der Waals surface area contributed by atoms with E-state index in [1.165, 1.54) is 57.8 Å². The average Bonchev–Trinajstić information content (AvgIpc) is 2.43. The monoisotopic (exact) mass is 287 g/mol. The second-order valence-corrected chi connectivity index (χ2v) is 5.56. The van der Waals surface area contributed by atoms with Gasteiger partial charge in [-0.2, -0.15) is 0 Å². The summed E-state index contributed by atoms with van der Waals surface area (Å²) in [5, 5.41) is 8.57. The summed E-state index contributed by atoms with van der Waals surface area (Å²) >= 11 is 0. The van der Waals surface area contributed by atoms with Crippen LogP contribution in [0.1, 0.15) is 77.6 Å². The number of aliphatic carboxylic acids is 1. The van der Waals surface area contributed by atoms with Gasteiger partial charge in [0.15, 0.2) is 0 Å². The topological polar surface area (TPSA) is 72.5 Å². The third kappa shape index (κ3) is 13.8. The normalized spacial score (nSPS) is 12.5. The molecule has 0 rings (SSSR count). The van der Waals surface area contributed by atoms with E-state index in [-0.39, 0.29) is 6.61 Å². The molecule has 0 aromatic carbocycles. The van der Waals surface area contributed by atoms with Crippen molar-refractivity contribution < 1.29 is 14.6 Å². The highest BCUT2D eigenvalue weighted by Gasteiger charge is 2.10. The molecule has 0 aliphatic carbocycles. The lowest BCUT2D eigenvalue weighted by atomic mass is 10.1. The number of carboxylic acid groups (broad SMARTS) is 1. The summed E-state index contributed by atoms with van der Waals surface area (Å²) in [6.07, 6.45) is 14.3. The van der Waals surface area contributed by atoms with Crippen LogP contribution in [-0.4, -0.2) is 30.3 Å². The molecule has 0 aliphatic heterocycles. The molecule has 0 aromatic rings. The van der Waals surface area contributed by atoms with E-state index in [0.717, 1.165) is 12.8 Å². The van der Waals surface area contributed by atoms with Gasteiger partial charge >= 0.3 is 5.97 Å². The van der Waals surface area contributed by atoms with Crippen LogP contribution in [0.5, 0.6) is 0 Å². The Balaban J connectivity index is 3.04. The molecule has 0 saturated heterocycles. The van der Waals surface area contributed by atoms with Gasteiger partial charge < -0.3 is 15.6 Å². The number of hydrogen-bond acceptors (Lipinski definition) is 3. The standard InChI is InChI=1S/C16H33NO3/c1-2-3-4-5-6-7-8-9-10-11-12-13-20-14-15(17)16(18)19/h15H,2-14,17H2,1H3,(H,18,19)/t15-/m1/s1. The molecule has 0 aliphatic rings. The van der Waals surface area contributed by atoms with Gasteiger partial charge in [-0.1, -0.05) is 71.1 Å². The first-order chi connectivity index (χ1) is 9.68. The van der Waals surface area contributed by atoms with E-state index in [4.69, 9.17) is 15.6 Å². The van der Waals surface area contributed by atoms with Gasteiger partial charge in [0.2, 0.25) is 0 Å². The van der Waals surface area contributed by atoms with Gasteiger partial charge in [-0.25, -0.2) is 0 Å². The Morgan fingerprint density at radius 3 is 1.85 bits per heavy atom. The Morgan fingerprint density at radius 1 is 0.950 bits per heavy atom.